The Bertz CT molecular complexity index is 212. The van der Waals surface area contributed by atoms with Crippen molar-refractivity contribution in [3.63, 3.8) is 0 Å². The molecule has 96 valence electrons. The monoisotopic (exact) mass is 230 g/mol. The first-order valence-corrected chi connectivity index (χ1v) is 5.94. The van der Waals surface area contributed by atoms with Crippen LogP contribution in [0.15, 0.2) is 0 Å². The van der Waals surface area contributed by atoms with Crippen LogP contribution in [0.3, 0.4) is 0 Å². The van der Waals surface area contributed by atoms with Crippen molar-refractivity contribution in [2.24, 2.45) is 11.7 Å². The molecule has 0 rings (SSSR count). The van der Waals surface area contributed by atoms with Gasteiger partial charge in [-0.3, -0.25) is 0 Å². The summed E-state index contributed by atoms with van der Waals surface area (Å²) in [5.74, 6) is 0.503. The van der Waals surface area contributed by atoms with Crippen LogP contribution in [-0.2, 0) is 4.74 Å². The molecule has 0 aromatic carbocycles. The lowest BCUT2D eigenvalue weighted by atomic mass is 10.0. The van der Waals surface area contributed by atoms with E-state index in [-0.39, 0.29) is 12.1 Å². The lowest BCUT2D eigenvalue weighted by Gasteiger charge is -2.22. The zero-order valence-corrected chi connectivity index (χ0v) is 11.2. The molecule has 0 aliphatic heterocycles. The third-order valence-electron chi connectivity index (χ3n) is 2.26. The van der Waals surface area contributed by atoms with Crippen molar-refractivity contribution in [1.82, 2.24) is 5.32 Å². The number of rotatable bonds is 5. The van der Waals surface area contributed by atoms with E-state index in [4.69, 9.17) is 10.5 Å². The summed E-state index contributed by atoms with van der Waals surface area (Å²) in [7, 11) is 0. The van der Waals surface area contributed by atoms with E-state index < -0.39 is 5.60 Å². The van der Waals surface area contributed by atoms with Crippen LogP contribution >= 0.6 is 0 Å². The standard InChI is InChI=1S/C12H26N2O2/c1-9(8-13)6-7-10(2)14-11(15)16-12(3,4)5/h9-10H,6-8,13H2,1-5H3,(H,14,15)/t9-,10-/m0/s1. The Labute approximate surface area is 98.9 Å². The number of amides is 1. The van der Waals surface area contributed by atoms with Gasteiger partial charge in [0.2, 0.25) is 0 Å². The highest BCUT2D eigenvalue weighted by Gasteiger charge is 2.17. The van der Waals surface area contributed by atoms with Gasteiger partial charge in [-0.15, -0.1) is 0 Å². The van der Waals surface area contributed by atoms with Crippen molar-refractivity contribution in [1.29, 1.82) is 0 Å². The molecule has 0 fully saturated rings. The van der Waals surface area contributed by atoms with Gasteiger partial charge >= 0.3 is 6.09 Å². The van der Waals surface area contributed by atoms with Gasteiger partial charge < -0.3 is 15.8 Å². The zero-order valence-electron chi connectivity index (χ0n) is 11.2. The number of nitrogens with two attached hydrogens (primary N) is 1. The molecule has 0 aromatic rings. The van der Waals surface area contributed by atoms with Crippen molar-refractivity contribution in [2.45, 2.75) is 59.1 Å². The van der Waals surface area contributed by atoms with E-state index in [9.17, 15) is 4.79 Å². The van der Waals surface area contributed by atoms with Crippen LogP contribution in [0, 0.1) is 5.92 Å². The van der Waals surface area contributed by atoms with E-state index in [1.807, 2.05) is 27.7 Å². The number of carbonyl (C=O) groups is 1. The van der Waals surface area contributed by atoms with E-state index in [0.717, 1.165) is 12.8 Å². The van der Waals surface area contributed by atoms with E-state index in [2.05, 4.69) is 12.2 Å². The minimum atomic E-state index is -0.436. The fraction of sp³-hybridized carbons (Fsp3) is 0.917. The first kappa shape index (κ1) is 15.2. The minimum Gasteiger partial charge on any atom is -0.444 e. The highest BCUT2D eigenvalue weighted by atomic mass is 16.6. The molecule has 0 heterocycles. The summed E-state index contributed by atoms with van der Waals surface area (Å²) in [4.78, 5) is 11.4. The van der Waals surface area contributed by atoms with Crippen LogP contribution in [0.1, 0.15) is 47.5 Å². The molecule has 0 aliphatic rings. The van der Waals surface area contributed by atoms with Gasteiger partial charge in [0.1, 0.15) is 5.60 Å². The average Bonchev–Trinajstić information content (AvgIpc) is 2.10. The van der Waals surface area contributed by atoms with Gasteiger partial charge in [0.05, 0.1) is 0 Å². The van der Waals surface area contributed by atoms with Crippen LogP contribution in [0.4, 0.5) is 4.79 Å². The molecule has 0 spiro atoms. The highest BCUT2D eigenvalue weighted by Crippen LogP contribution is 2.09. The highest BCUT2D eigenvalue weighted by molar-refractivity contribution is 5.67. The normalized spacial score (nSPS) is 15.4. The van der Waals surface area contributed by atoms with Gasteiger partial charge in [-0.2, -0.15) is 0 Å². The molecule has 1 amide bonds. The lowest BCUT2D eigenvalue weighted by Crippen LogP contribution is -2.37. The van der Waals surface area contributed by atoms with Gasteiger partial charge in [0, 0.05) is 6.04 Å². The zero-order chi connectivity index (χ0) is 12.8. The summed E-state index contributed by atoms with van der Waals surface area (Å²) in [5.41, 5.74) is 5.09. The van der Waals surface area contributed by atoms with Crippen LogP contribution in [0.2, 0.25) is 0 Å². The number of hydrogen-bond donors (Lipinski definition) is 2. The Morgan fingerprint density at radius 3 is 2.31 bits per heavy atom. The summed E-state index contributed by atoms with van der Waals surface area (Å²) in [6, 6.07) is 0.129. The molecule has 3 N–H and O–H groups in total. The number of alkyl carbamates (subject to hydrolysis) is 1. The van der Waals surface area contributed by atoms with Crippen molar-refractivity contribution in [3.05, 3.63) is 0 Å². The van der Waals surface area contributed by atoms with Gasteiger partial charge in [-0.25, -0.2) is 4.79 Å². The van der Waals surface area contributed by atoms with Crippen molar-refractivity contribution in [2.75, 3.05) is 6.54 Å². The number of nitrogens with one attached hydrogen (secondary N) is 1. The van der Waals surface area contributed by atoms with E-state index in [0.29, 0.717) is 12.5 Å². The molecule has 4 heteroatoms. The van der Waals surface area contributed by atoms with Crippen LogP contribution < -0.4 is 11.1 Å². The summed E-state index contributed by atoms with van der Waals surface area (Å²) in [6.07, 6.45) is 1.60. The molecule has 0 unspecified atom stereocenters. The summed E-state index contributed by atoms with van der Waals surface area (Å²) >= 11 is 0. The molecule has 0 bridgehead atoms. The average molecular weight is 230 g/mol. The summed E-state index contributed by atoms with van der Waals surface area (Å²) in [6.45, 7) is 10.3. The van der Waals surface area contributed by atoms with Crippen LogP contribution in [0.25, 0.3) is 0 Å². The second kappa shape index (κ2) is 6.74. The number of hydrogen-bond acceptors (Lipinski definition) is 3. The van der Waals surface area contributed by atoms with Crippen LogP contribution in [0.5, 0.6) is 0 Å². The van der Waals surface area contributed by atoms with E-state index >= 15 is 0 Å². The number of ether oxygens (including phenoxy) is 1. The molecule has 0 aromatic heterocycles. The molecule has 2 atom stereocenters. The third kappa shape index (κ3) is 8.53. The molecule has 16 heavy (non-hydrogen) atoms. The number of carbonyl (C=O) groups excluding carboxylic acids is 1. The maximum absolute atomic E-state index is 11.4. The van der Waals surface area contributed by atoms with Crippen molar-refractivity contribution in [3.8, 4) is 0 Å². The predicted molar refractivity (Wildman–Crippen MR) is 66.3 cm³/mol. The molecular weight excluding hydrogens is 204 g/mol. The van der Waals surface area contributed by atoms with Crippen molar-refractivity contribution < 1.29 is 9.53 Å². The van der Waals surface area contributed by atoms with Gasteiger partial charge in [0.25, 0.3) is 0 Å². The Morgan fingerprint density at radius 1 is 1.31 bits per heavy atom. The Morgan fingerprint density at radius 2 is 1.88 bits per heavy atom. The quantitative estimate of drug-likeness (QED) is 0.761. The van der Waals surface area contributed by atoms with Crippen molar-refractivity contribution >= 4 is 6.09 Å². The third-order valence-corrected chi connectivity index (χ3v) is 2.26. The fourth-order valence-corrected chi connectivity index (χ4v) is 1.23. The Kier molecular flexibility index (Phi) is 6.41. The topological polar surface area (TPSA) is 64.3 Å². The maximum atomic E-state index is 11.4. The van der Waals surface area contributed by atoms with Gasteiger partial charge in [-0.1, -0.05) is 6.92 Å². The molecule has 4 nitrogen and oxygen atoms in total. The predicted octanol–water partition coefficient (Wildman–Crippen LogP) is 2.27. The molecular formula is C12H26N2O2. The largest absolute Gasteiger partial charge is 0.444 e. The van der Waals surface area contributed by atoms with Gasteiger partial charge in [0.15, 0.2) is 0 Å². The summed E-state index contributed by atoms with van der Waals surface area (Å²) < 4.78 is 5.17. The second-order valence-corrected chi connectivity index (χ2v) is 5.47. The molecule has 0 saturated heterocycles. The Hall–Kier alpha value is -0.770. The molecule has 0 aliphatic carbocycles. The smallest absolute Gasteiger partial charge is 0.407 e. The summed E-state index contributed by atoms with van der Waals surface area (Å²) in [5, 5.41) is 2.81. The Balaban J connectivity index is 3.79. The minimum absolute atomic E-state index is 0.129. The lowest BCUT2D eigenvalue weighted by molar-refractivity contribution is 0.0505. The molecule has 0 saturated carbocycles. The SMILES string of the molecule is C[C@H](CN)CC[C@H](C)NC(=O)OC(C)(C)C. The fourth-order valence-electron chi connectivity index (χ4n) is 1.23. The maximum Gasteiger partial charge on any atom is 0.407 e. The first-order chi connectivity index (χ1) is 7.24. The van der Waals surface area contributed by atoms with E-state index in [1.54, 1.807) is 0 Å². The second-order valence-electron chi connectivity index (χ2n) is 5.47. The van der Waals surface area contributed by atoms with Gasteiger partial charge in [-0.05, 0) is 53.0 Å². The molecule has 0 radical (unpaired) electrons. The first-order valence-electron chi connectivity index (χ1n) is 5.94. The van der Waals surface area contributed by atoms with Crippen LogP contribution in [-0.4, -0.2) is 24.3 Å². The van der Waals surface area contributed by atoms with E-state index in [1.165, 1.54) is 0 Å².